The summed E-state index contributed by atoms with van der Waals surface area (Å²) in [5.74, 6) is 0.569. The fourth-order valence-corrected chi connectivity index (χ4v) is 2.89. The Hall–Kier alpha value is -2.93. The first-order chi connectivity index (χ1) is 11.6. The molecular weight excluding hydrogens is 326 g/mol. The zero-order valence-electron chi connectivity index (χ0n) is 12.7. The molecule has 0 unspecified atom stereocenters. The number of hydrogen-bond donors (Lipinski definition) is 3. The lowest BCUT2D eigenvalue weighted by Crippen LogP contribution is -2.12. The van der Waals surface area contributed by atoms with E-state index in [0.717, 1.165) is 16.9 Å². The standard InChI is InChI=1S/C17H15N3O3S/c18-13(14-3-1-2-8-19-14)10-23-12-6-4-11(5-7-12)9-15-16(21)20-17(22)24-15/h1-8,18,21H,9-10H2,(H,20,22). The molecular formula is C17H15N3O3S. The molecule has 0 radical (unpaired) electrons. The number of aromatic hydroxyl groups is 1. The summed E-state index contributed by atoms with van der Waals surface area (Å²) in [5.41, 5.74) is 1.85. The number of aromatic nitrogens is 2. The van der Waals surface area contributed by atoms with Crippen LogP contribution in [-0.2, 0) is 6.42 Å². The van der Waals surface area contributed by atoms with Crippen LogP contribution in [0.2, 0.25) is 0 Å². The third-order valence-electron chi connectivity index (χ3n) is 3.35. The number of thiazole rings is 1. The molecule has 0 aliphatic rings. The third kappa shape index (κ3) is 3.88. The van der Waals surface area contributed by atoms with Crippen molar-refractivity contribution >= 4 is 17.0 Å². The van der Waals surface area contributed by atoms with Crippen LogP contribution in [0.15, 0.2) is 53.5 Å². The van der Waals surface area contributed by atoms with Crippen LogP contribution in [0.1, 0.15) is 16.1 Å². The molecule has 0 aliphatic carbocycles. The maximum atomic E-state index is 11.2. The van der Waals surface area contributed by atoms with Crippen LogP contribution in [0, 0.1) is 5.41 Å². The van der Waals surface area contributed by atoms with Crippen LogP contribution >= 0.6 is 11.3 Å². The second-order valence-corrected chi connectivity index (χ2v) is 6.16. The smallest absolute Gasteiger partial charge is 0.307 e. The van der Waals surface area contributed by atoms with E-state index in [9.17, 15) is 9.90 Å². The molecule has 0 saturated heterocycles. The van der Waals surface area contributed by atoms with Gasteiger partial charge >= 0.3 is 4.87 Å². The number of rotatable bonds is 6. The van der Waals surface area contributed by atoms with Crippen molar-refractivity contribution in [3.8, 4) is 11.6 Å². The quantitative estimate of drug-likeness (QED) is 0.600. The molecule has 24 heavy (non-hydrogen) atoms. The Kier molecular flexibility index (Phi) is 4.72. The number of aromatic amines is 1. The Labute approximate surface area is 141 Å². The first-order valence-corrected chi connectivity index (χ1v) is 8.05. The van der Waals surface area contributed by atoms with Gasteiger partial charge in [-0.2, -0.15) is 0 Å². The van der Waals surface area contributed by atoms with Gasteiger partial charge in [-0.3, -0.25) is 20.2 Å². The minimum absolute atomic E-state index is 0.0749. The summed E-state index contributed by atoms with van der Waals surface area (Å²) >= 11 is 0.998. The number of nitrogens with one attached hydrogen (secondary N) is 2. The summed E-state index contributed by atoms with van der Waals surface area (Å²) in [4.78, 5) is 18.0. The maximum absolute atomic E-state index is 11.2. The van der Waals surface area contributed by atoms with Crippen molar-refractivity contribution in [3.63, 3.8) is 0 Å². The lowest BCUT2D eigenvalue weighted by molar-refractivity contribution is 0.376. The Balaban J connectivity index is 1.59. The summed E-state index contributed by atoms with van der Waals surface area (Å²) < 4.78 is 5.59. The molecule has 0 fully saturated rings. The van der Waals surface area contributed by atoms with E-state index in [2.05, 4.69) is 9.97 Å². The Morgan fingerprint density at radius 2 is 2.04 bits per heavy atom. The molecule has 7 heteroatoms. The van der Waals surface area contributed by atoms with E-state index in [1.165, 1.54) is 0 Å². The van der Waals surface area contributed by atoms with E-state index in [1.54, 1.807) is 30.5 Å². The topological polar surface area (TPSA) is 99.1 Å². The van der Waals surface area contributed by atoms with Crippen LogP contribution in [0.4, 0.5) is 0 Å². The van der Waals surface area contributed by atoms with E-state index in [1.807, 2.05) is 18.2 Å². The van der Waals surface area contributed by atoms with Gasteiger partial charge in [0.05, 0.1) is 16.3 Å². The maximum Gasteiger partial charge on any atom is 0.307 e. The molecule has 1 aromatic carbocycles. The summed E-state index contributed by atoms with van der Waals surface area (Å²) in [6.45, 7) is 0.135. The van der Waals surface area contributed by atoms with Crippen molar-refractivity contribution in [1.82, 2.24) is 9.97 Å². The molecule has 0 spiro atoms. The van der Waals surface area contributed by atoms with Gasteiger partial charge in [0.15, 0.2) is 0 Å². The highest BCUT2D eigenvalue weighted by atomic mass is 32.1. The molecule has 2 heterocycles. The van der Waals surface area contributed by atoms with Crippen LogP contribution in [-0.4, -0.2) is 27.4 Å². The molecule has 3 aromatic rings. The number of pyridine rings is 1. The molecule has 122 valence electrons. The zero-order chi connectivity index (χ0) is 16.9. The minimum Gasteiger partial charge on any atom is -0.494 e. The van der Waals surface area contributed by atoms with Crippen molar-refractivity contribution in [1.29, 1.82) is 5.41 Å². The van der Waals surface area contributed by atoms with Gasteiger partial charge in [-0.15, -0.1) is 0 Å². The largest absolute Gasteiger partial charge is 0.494 e. The van der Waals surface area contributed by atoms with Gasteiger partial charge in [-0.25, -0.2) is 0 Å². The molecule has 0 aliphatic heterocycles. The van der Waals surface area contributed by atoms with Gasteiger partial charge in [0.2, 0.25) is 5.88 Å². The van der Waals surface area contributed by atoms with E-state index < -0.39 is 0 Å². The predicted molar refractivity (Wildman–Crippen MR) is 92.4 cm³/mol. The summed E-state index contributed by atoms with van der Waals surface area (Å²) in [6, 6.07) is 12.7. The molecule has 0 bridgehead atoms. The van der Waals surface area contributed by atoms with Crippen LogP contribution in [0.25, 0.3) is 0 Å². The Bertz CT molecular complexity index is 885. The van der Waals surface area contributed by atoms with Crippen LogP contribution in [0.3, 0.4) is 0 Å². The first kappa shape index (κ1) is 15.9. The van der Waals surface area contributed by atoms with Gasteiger partial charge in [0.25, 0.3) is 0 Å². The lowest BCUT2D eigenvalue weighted by atomic mass is 10.1. The van der Waals surface area contributed by atoms with E-state index in [4.69, 9.17) is 10.1 Å². The van der Waals surface area contributed by atoms with Gasteiger partial charge < -0.3 is 9.84 Å². The number of hydrogen-bond acceptors (Lipinski definition) is 6. The molecule has 2 aromatic heterocycles. The Morgan fingerprint density at radius 1 is 1.25 bits per heavy atom. The summed E-state index contributed by atoms with van der Waals surface area (Å²) in [7, 11) is 0. The van der Waals surface area contributed by atoms with Gasteiger partial charge in [0, 0.05) is 12.6 Å². The molecule has 0 amide bonds. The monoisotopic (exact) mass is 341 g/mol. The molecule has 3 N–H and O–H groups in total. The van der Waals surface area contributed by atoms with Crippen LogP contribution < -0.4 is 9.61 Å². The molecule has 6 nitrogen and oxygen atoms in total. The zero-order valence-corrected chi connectivity index (χ0v) is 13.5. The number of H-pyrrole nitrogens is 1. The first-order valence-electron chi connectivity index (χ1n) is 7.23. The second kappa shape index (κ2) is 7.10. The molecule has 3 rings (SSSR count). The highest BCUT2D eigenvalue weighted by molar-refractivity contribution is 7.09. The number of nitrogens with zero attached hydrogens (tertiary/aromatic N) is 1. The predicted octanol–water partition coefficient (Wildman–Crippen LogP) is 2.57. The minimum atomic E-state index is -0.268. The van der Waals surface area contributed by atoms with Crippen molar-refractivity contribution < 1.29 is 9.84 Å². The van der Waals surface area contributed by atoms with Crippen molar-refractivity contribution in [2.45, 2.75) is 6.42 Å². The van der Waals surface area contributed by atoms with Gasteiger partial charge in [0.1, 0.15) is 12.4 Å². The highest BCUT2D eigenvalue weighted by Crippen LogP contribution is 2.21. The van der Waals surface area contributed by atoms with Crippen molar-refractivity contribution in [2.24, 2.45) is 0 Å². The summed E-state index contributed by atoms with van der Waals surface area (Å²) in [6.07, 6.45) is 2.11. The van der Waals surface area contributed by atoms with Crippen molar-refractivity contribution in [3.05, 3.63) is 74.5 Å². The lowest BCUT2D eigenvalue weighted by Gasteiger charge is -2.08. The average Bonchev–Trinajstić information content (AvgIpc) is 2.92. The normalized spacial score (nSPS) is 10.5. The second-order valence-electron chi connectivity index (χ2n) is 5.09. The van der Waals surface area contributed by atoms with Crippen LogP contribution in [0.5, 0.6) is 11.6 Å². The van der Waals surface area contributed by atoms with E-state index >= 15 is 0 Å². The van der Waals surface area contributed by atoms with Crippen molar-refractivity contribution in [2.75, 3.05) is 6.61 Å². The highest BCUT2D eigenvalue weighted by Gasteiger charge is 2.08. The molecule has 0 atom stereocenters. The fraction of sp³-hybridized carbons (Fsp3) is 0.118. The fourth-order valence-electron chi connectivity index (χ4n) is 2.13. The summed E-state index contributed by atoms with van der Waals surface area (Å²) in [5, 5.41) is 17.6. The number of ether oxygens (including phenoxy) is 1. The number of benzene rings is 1. The van der Waals surface area contributed by atoms with E-state index in [0.29, 0.717) is 28.5 Å². The Morgan fingerprint density at radius 3 is 2.67 bits per heavy atom. The van der Waals surface area contributed by atoms with Gasteiger partial charge in [-0.1, -0.05) is 29.5 Å². The average molecular weight is 341 g/mol. The molecule has 0 saturated carbocycles. The van der Waals surface area contributed by atoms with Gasteiger partial charge in [-0.05, 0) is 29.8 Å². The SMILES string of the molecule is N=C(COc1ccc(Cc2sc(=O)[nH]c2O)cc1)c1ccccn1. The van der Waals surface area contributed by atoms with E-state index in [-0.39, 0.29) is 17.4 Å². The third-order valence-corrected chi connectivity index (χ3v) is 4.22.